The number of para-hydroxylation sites is 1. The molecule has 2 aromatic heterocycles. The van der Waals surface area contributed by atoms with Gasteiger partial charge in [0.15, 0.2) is 0 Å². The number of nitrogens with one attached hydrogen (secondary N) is 2. The lowest BCUT2D eigenvalue weighted by Crippen LogP contribution is -2.22. The molecule has 0 aliphatic carbocycles. The van der Waals surface area contributed by atoms with Crippen LogP contribution in [0.1, 0.15) is 38.8 Å². The van der Waals surface area contributed by atoms with Crippen molar-refractivity contribution >= 4 is 28.1 Å². The number of benzene rings is 3. The second-order valence-electron chi connectivity index (χ2n) is 8.68. The van der Waals surface area contributed by atoms with E-state index in [9.17, 15) is 4.79 Å². The maximum absolute atomic E-state index is 11.7. The monoisotopic (exact) mass is 493 g/mol. The number of rotatable bonds is 9. The maximum Gasteiger partial charge on any atom is 0.284 e. The van der Waals surface area contributed by atoms with Gasteiger partial charge in [-0.15, -0.1) is 11.3 Å². The van der Waals surface area contributed by atoms with Gasteiger partial charge in [0.05, 0.1) is 10.4 Å². The number of thiophene rings is 1. The largest absolute Gasteiger partial charge is 0.306 e. The Morgan fingerprint density at radius 2 is 1.69 bits per heavy atom. The van der Waals surface area contributed by atoms with E-state index in [1.165, 1.54) is 27.8 Å². The van der Waals surface area contributed by atoms with Gasteiger partial charge in [-0.25, -0.2) is 5.48 Å². The van der Waals surface area contributed by atoms with E-state index in [0.717, 1.165) is 34.4 Å². The molecule has 6 heteroatoms. The van der Waals surface area contributed by atoms with Crippen molar-refractivity contribution in [2.24, 2.45) is 0 Å². The van der Waals surface area contributed by atoms with Crippen LogP contribution in [0.4, 0.5) is 0 Å². The number of aromatic nitrogens is 1. The Labute approximate surface area is 214 Å². The van der Waals surface area contributed by atoms with E-state index >= 15 is 0 Å². The number of carbonyl (C=O) groups excluding carboxylic acids is 1. The molecule has 5 aromatic rings. The lowest BCUT2D eigenvalue weighted by molar-refractivity contribution is 0.0711. The summed E-state index contributed by atoms with van der Waals surface area (Å²) < 4.78 is 0. The van der Waals surface area contributed by atoms with Crippen molar-refractivity contribution in [2.75, 3.05) is 0 Å². The van der Waals surface area contributed by atoms with Gasteiger partial charge in [-0.3, -0.25) is 15.0 Å². The second-order valence-corrected chi connectivity index (χ2v) is 9.76. The van der Waals surface area contributed by atoms with Crippen molar-refractivity contribution in [3.63, 3.8) is 0 Å². The van der Waals surface area contributed by atoms with Crippen LogP contribution in [-0.4, -0.2) is 16.1 Å². The van der Waals surface area contributed by atoms with Gasteiger partial charge in [-0.05, 0) is 65.4 Å². The summed E-state index contributed by atoms with van der Waals surface area (Å²) in [4.78, 5) is 17.7. The number of fused-ring (bicyclic) bond motifs is 1. The Morgan fingerprint density at radius 1 is 0.889 bits per heavy atom. The van der Waals surface area contributed by atoms with Crippen LogP contribution in [-0.2, 0) is 13.0 Å². The molecule has 5 nitrogen and oxygen atoms in total. The molecule has 0 saturated carbocycles. The average molecular weight is 494 g/mol. The first-order valence-corrected chi connectivity index (χ1v) is 12.8. The molecule has 0 saturated heterocycles. The molecule has 1 atom stereocenters. The summed E-state index contributed by atoms with van der Waals surface area (Å²) in [6.07, 6.45) is 3.83. The molecule has 2 heterocycles. The summed E-state index contributed by atoms with van der Waals surface area (Å²) in [7, 11) is 0. The highest BCUT2D eigenvalue weighted by Gasteiger charge is 2.15. The van der Waals surface area contributed by atoms with E-state index in [4.69, 9.17) is 5.21 Å². The zero-order valence-corrected chi connectivity index (χ0v) is 20.5. The minimum atomic E-state index is -0.491. The first-order valence-electron chi connectivity index (χ1n) is 12.0. The molecule has 0 bridgehead atoms. The number of aryl methyl sites for hydroxylation is 1. The molecule has 180 valence electrons. The average Bonchev–Trinajstić information content (AvgIpc) is 3.44. The Hall–Kier alpha value is -3.84. The van der Waals surface area contributed by atoms with E-state index in [-0.39, 0.29) is 6.04 Å². The van der Waals surface area contributed by atoms with E-state index in [0.29, 0.717) is 11.4 Å². The van der Waals surface area contributed by atoms with Crippen LogP contribution in [0.15, 0.2) is 103 Å². The van der Waals surface area contributed by atoms with Crippen LogP contribution < -0.4 is 10.8 Å². The summed E-state index contributed by atoms with van der Waals surface area (Å²) >= 11 is 1.36. The van der Waals surface area contributed by atoms with E-state index in [1.807, 2.05) is 30.5 Å². The molecular weight excluding hydrogens is 466 g/mol. The molecule has 3 aromatic carbocycles. The number of nitrogens with zero attached hydrogens (tertiary/aromatic N) is 1. The highest BCUT2D eigenvalue weighted by atomic mass is 32.1. The quantitative estimate of drug-likeness (QED) is 0.161. The van der Waals surface area contributed by atoms with E-state index < -0.39 is 5.91 Å². The van der Waals surface area contributed by atoms with Crippen molar-refractivity contribution in [3.8, 4) is 10.4 Å². The maximum atomic E-state index is 11.7. The zero-order chi connectivity index (χ0) is 24.7. The number of amides is 1. The molecule has 0 fully saturated rings. The molecule has 0 radical (unpaired) electrons. The second kappa shape index (κ2) is 11.3. The summed E-state index contributed by atoms with van der Waals surface area (Å²) in [5.41, 5.74) is 7.49. The molecule has 0 spiro atoms. The first kappa shape index (κ1) is 23.9. The van der Waals surface area contributed by atoms with Gasteiger partial charge >= 0.3 is 0 Å². The SMILES string of the molecule is O=C(NO)c1ccc(-c2cccc(CNC(CCc3ccccc3)c3ccnc4ccccc34)c2)s1. The minimum absolute atomic E-state index is 0.156. The fraction of sp³-hybridized carbons (Fsp3) is 0.133. The van der Waals surface area contributed by atoms with Crippen LogP contribution in [0, 0.1) is 0 Å². The first-order chi connectivity index (χ1) is 17.7. The van der Waals surface area contributed by atoms with Crippen LogP contribution in [0.25, 0.3) is 21.3 Å². The fourth-order valence-corrected chi connectivity index (χ4v) is 5.38. The predicted octanol–water partition coefficient (Wildman–Crippen LogP) is 6.55. The number of hydroxylamine groups is 1. The summed E-state index contributed by atoms with van der Waals surface area (Å²) in [6, 6.07) is 33.1. The Bertz CT molecular complexity index is 1460. The van der Waals surface area contributed by atoms with Crippen molar-refractivity contribution in [1.29, 1.82) is 0 Å². The molecule has 0 aliphatic rings. The van der Waals surface area contributed by atoms with Gasteiger partial charge in [-0.2, -0.15) is 0 Å². The molecule has 36 heavy (non-hydrogen) atoms. The van der Waals surface area contributed by atoms with Gasteiger partial charge in [0.25, 0.3) is 5.91 Å². The van der Waals surface area contributed by atoms with Crippen LogP contribution in [0.3, 0.4) is 0 Å². The topological polar surface area (TPSA) is 74.2 Å². The molecular formula is C30H27N3O2S. The third-order valence-corrected chi connectivity index (χ3v) is 7.45. The Balaban J connectivity index is 1.38. The van der Waals surface area contributed by atoms with Crippen LogP contribution in [0.5, 0.6) is 0 Å². The van der Waals surface area contributed by atoms with Crippen molar-refractivity contribution in [1.82, 2.24) is 15.8 Å². The third kappa shape index (κ3) is 5.52. The van der Waals surface area contributed by atoms with E-state index in [1.54, 1.807) is 11.5 Å². The minimum Gasteiger partial charge on any atom is -0.306 e. The smallest absolute Gasteiger partial charge is 0.284 e. The molecule has 1 amide bonds. The molecule has 3 N–H and O–H groups in total. The highest BCUT2D eigenvalue weighted by molar-refractivity contribution is 7.17. The van der Waals surface area contributed by atoms with Crippen LogP contribution in [0.2, 0.25) is 0 Å². The van der Waals surface area contributed by atoms with Gasteiger partial charge in [-0.1, -0.05) is 66.7 Å². The number of hydrogen-bond acceptors (Lipinski definition) is 5. The number of hydrogen-bond donors (Lipinski definition) is 3. The lowest BCUT2D eigenvalue weighted by atomic mass is 9.96. The van der Waals surface area contributed by atoms with Gasteiger partial charge in [0, 0.05) is 29.0 Å². The molecule has 0 aliphatic heterocycles. The zero-order valence-electron chi connectivity index (χ0n) is 19.7. The van der Waals surface area contributed by atoms with Gasteiger partial charge in [0.1, 0.15) is 0 Å². The Kier molecular flexibility index (Phi) is 7.47. The third-order valence-electron chi connectivity index (χ3n) is 6.32. The van der Waals surface area contributed by atoms with Crippen molar-refractivity contribution in [3.05, 3.63) is 125 Å². The molecule has 5 rings (SSSR count). The van der Waals surface area contributed by atoms with Gasteiger partial charge in [0.2, 0.25) is 0 Å². The number of pyridine rings is 1. The number of carbonyl (C=O) groups is 1. The fourth-order valence-electron chi connectivity index (χ4n) is 4.49. The van der Waals surface area contributed by atoms with Gasteiger partial charge < -0.3 is 5.32 Å². The van der Waals surface area contributed by atoms with Crippen LogP contribution >= 0.6 is 11.3 Å². The highest BCUT2D eigenvalue weighted by Crippen LogP contribution is 2.30. The van der Waals surface area contributed by atoms with Crippen molar-refractivity contribution in [2.45, 2.75) is 25.4 Å². The summed E-state index contributed by atoms with van der Waals surface area (Å²) in [6.45, 7) is 0.708. The standard InChI is InChI=1S/C30H27N3O2S/c34-30(33-35)29-16-15-28(36-29)23-10-6-9-22(19-23)20-32-27(14-13-21-7-2-1-3-8-21)25-17-18-31-26-12-5-4-11-24(25)26/h1-12,15-19,27,32,35H,13-14,20H2,(H,33,34). The van der Waals surface area contributed by atoms with E-state index in [2.05, 4.69) is 77.0 Å². The van der Waals surface area contributed by atoms with Crippen molar-refractivity contribution < 1.29 is 10.0 Å². The lowest BCUT2D eigenvalue weighted by Gasteiger charge is -2.21. The Morgan fingerprint density at radius 3 is 2.56 bits per heavy atom. The summed E-state index contributed by atoms with van der Waals surface area (Å²) in [5.74, 6) is -0.491. The normalized spacial score (nSPS) is 11.9. The summed E-state index contributed by atoms with van der Waals surface area (Å²) in [5, 5.41) is 13.9. The predicted molar refractivity (Wildman–Crippen MR) is 145 cm³/mol. The molecule has 1 unspecified atom stereocenters.